The molecule has 0 aromatic rings. The number of aliphatic hydroxyl groups excluding tert-OH is 1. The zero-order chi connectivity index (χ0) is 11.4. The Labute approximate surface area is 101 Å². The lowest BCUT2D eigenvalue weighted by atomic mass is 10.1. The van der Waals surface area contributed by atoms with Crippen LogP contribution in [-0.4, -0.2) is 40.8 Å². The summed E-state index contributed by atoms with van der Waals surface area (Å²) in [6, 6.07) is -0.108. The minimum Gasteiger partial charge on any atom is -0.391 e. The van der Waals surface area contributed by atoms with Gasteiger partial charge in [0.05, 0.1) is 18.2 Å². The molecule has 2 aliphatic rings. The molecule has 1 amide bonds. The van der Waals surface area contributed by atoms with Crippen molar-refractivity contribution in [2.45, 2.75) is 50.3 Å². The highest BCUT2D eigenvalue weighted by molar-refractivity contribution is 7.99. The third-order valence-corrected chi connectivity index (χ3v) is 4.28. The lowest BCUT2D eigenvalue weighted by molar-refractivity contribution is -0.124. The third-order valence-electron chi connectivity index (χ3n) is 3.34. The van der Waals surface area contributed by atoms with Crippen LogP contribution in [0.3, 0.4) is 0 Å². The SMILES string of the molecule is O=C(NC1CCCCCC1O)C1CSCN1. The van der Waals surface area contributed by atoms with E-state index in [2.05, 4.69) is 10.6 Å². The van der Waals surface area contributed by atoms with Crippen molar-refractivity contribution in [3.05, 3.63) is 0 Å². The molecule has 3 atom stereocenters. The summed E-state index contributed by atoms with van der Waals surface area (Å²) in [5, 5.41) is 16.0. The lowest BCUT2D eigenvalue weighted by Crippen LogP contribution is -2.50. The number of rotatable bonds is 2. The smallest absolute Gasteiger partial charge is 0.238 e. The van der Waals surface area contributed by atoms with Gasteiger partial charge in [-0.2, -0.15) is 0 Å². The molecule has 92 valence electrons. The highest BCUT2D eigenvalue weighted by Crippen LogP contribution is 2.18. The summed E-state index contributed by atoms with van der Waals surface area (Å²) in [5.41, 5.74) is 0. The first-order chi connectivity index (χ1) is 7.77. The van der Waals surface area contributed by atoms with Gasteiger partial charge in [0.1, 0.15) is 0 Å². The van der Waals surface area contributed by atoms with Gasteiger partial charge in [-0.05, 0) is 12.8 Å². The lowest BCUT2D eigenvalue weighted by Gasteiger charge is -2.23. The maximum atomic E-state index is 11.9. The number of carbonyl (C=O) groups is 1. The van der Waals surface area contributed by atoms with Crippen LogP contribution in [0.5, 0.6) is 0 Å². The molecule has 1 aliphatic carbocycles. The molecule has 1 saturated carbocycles. The predicted molar refractivity (Wildman–Crippen MR) is 65.3 cm³/mol. The monoisotopic (exact) mass is 244 g/mol. The Kier molecular flexibility index (Phi) is 4.49. The first kappa shape index (κ1) is 12.2. The average Bonchev–Trinajstić information content (AvgIpc) is 2.73. The van der Waals surface area contributed by atoms with Crippen LogP contribution in [0.2, 0.25) is 0 Å². The van der Waals surface area contributed by atoms with Crippen molar-refractivity contribution >= 4 is 17.7 Å². The van der Waals surface area contributed by atoms with Gasteiger partial charge in [0.15, 0.2) is 0 Å². The molecule has 0 aromatic heterocycles. The second-order valence-corrected chi connectivity index (χ2v) is 5.62. The largest absolute Gasteiger partial charge is 0.391 e. The number of hydrogen-bond donors (Lipinski definition) is 3. The Bertz CT molecular complexity index is 244. The fourth-order valence-electron chi connectivity index (χ4n) is 2.30. The molecular formula is C11H20N2O2S. The van der Waals surface area contributed by atoms with Crippen LogP contribution >= 0.6 is 11.8 Å². The summed E-state index contributed by atoms with van der Waals surface area (Å²) in [7, 11) is 0. The van der Waals surface area contributed by atoms with Gasteiger partial charge >= 0.3 is 0 Å². The summed E-state index contributed by atoms with van der Waals surface area (Å²) in [5.74, 6) is 1.75. The van der Waals surface area contributed by atoms with Crippen molar-refractivity contribution in [3.63, 3.8) is 0 Å². The van der Waals surface area contributed by atoms with Gasteiger partial charge in [0, 0.05) is 11.6 Å². The molecule has 0 spiro atoms. The zero-order valence-corrected chi connectivity index (χ0v) is 10.3. The zero-order valence-electron chi connectivity index (χ0n) is 9.45. The molecule has 5 heteroatoms. The van der Waals surface area contributed by atoms with Crippen LogP contribution in [-0.2, 0) is 4.79 Å². The molecule has 2 fully saturated rings. The number of thioether (sulfide) groups is 1. The second-order valence-electron chi connectivity index (χ2n) is 4.59. The second kappa shape index (κ2) is 5.89. The molecule has 0 bridgehead atoms. The molecule has 1 saturated heterocycles. The van der Waals surface area contributed by atoms with Crippen molar-refractivity contribution in [2.75, 3.05) is 11.6 Å². The minimum absolute atomic E-state index is 0.0394. The summed E-state index contributed by atoms with van der Waals surface area (Å²) >= 11 is 1.74. The first-order valence-electron chi connectivity index (χ1n) is 6.07. The number of hydrogen-bond acceptors (Lipinski definition) is 4. The number of carbonyl (C=O) groups excluding carboxylic acids is 1. The van der Waals surface area contributed by atoms with E-state index in [1.807, 2.05) is 0 Å². The van der Waals surface area contributed by atoms with E-state index in [1.165, 1.54) is 6.42 Å². The van der Waals surface area contributed by atoms with Gasteiger partial charge in [-0.3, -0.25) is 10.1 Å². The normalized spacial score (nSPS) is 35.7. The highest BCUT2D eigenvalue weighted by Gasteiger charge is 2.28. The van der Waals surface area contributed by atoms with E-state index < -0.39 is 0 Å². The van der Waals surface area contributed by atoms with Crippen molar-refractivity contribution < 1.29 is 9.90 Å². The van der Waals surface area contributed by atoms with Gasteiger partial charge in [0.2, 0.25) is 5.91 Å². The summed E-state index contributed by atoms with van der Waals surface area (Å²) < 4.78 is 0. The molecule has 2 rings (SSSR count). The Balaban J connectivity index is 1.84. The standard InChI is InChI=1S/C11H20N2O2S/c14-10-5-3-1-2-4-8(10)13-11(15)9-6-16-7-12-9/h8-10,12,14H,1-7H2,(H,13,15). The minimum atomic E-state index is -0.361. The first-order valence-corrected chi connectivity index (χ1v) is 7.22. The fourth-order valence-corrected chi connectivity index (χ4v) is 3.25. The summed E-state index contributed by atoms with van der Waals surface area (Å²) in [6.45, 7) is 0. The van der Waals surface area contributed by atoms with Crippen molar-refractivity contribution in [2.24, 2.45) is 0 Å². The summed E-state index contributed by atoms with van der Waals surface area (Å²) in [4.78, 5) is 11.9. The van der Waals surface area contributed by atoms with Gasteiger partial charge in [-0.25, -0.2) is 0 Å². The van der Waals surface area contributed by atoms with Crippen LogP contribution < -0.4 is 10.6 Å². The van der Waals surface area contributed by atoms with E-state index in [-0.39, 0.29) is 24.1 Å². The van der Waals surface area contributed by atoms with E-state index in [0.29, 0.717) is 0 Å². The molecule has 0 radical (unpaired) electrons. The van der Waals surface area contributed by atoms with Crippen LogP contribution in [0, 0.1) is 0 Å². The molecule has 1 heterocycles. The van der Waals surface area contributed by atoms with Gasteiger partial charge in [-0.15, -0.1) is 11.8 Å². The maximum absolute atomic E-state index is 11.9. The molecule has 0 aromatic carbocycles. The van der Waals surface area contributed by atoms with Crippen LogP contribution in [0.1, 0.15) is 32.1 Å². The Morgan fingerprint density at radius 1 is 1.31 bits per heavy atom. The van der Waals surface area contributed by atoms with E-state index >= 15 is 0 Å². The number of amides is 1. The van der Waals surface area contributed by atoms with Gasteiger partial charge in [0.25, 0.3) is 0 Å². The van der Waals surface area contributed by atoms with Crippen LogP contribution in [0.4, 0.5) is 0 Å². The highest BCUT2D eigenvalue weighted by atomic mass is 32.2. The number of nitrogens with one attached hydrogen (secondary N) is 2. The van der Waals surface area contributed by atoms with Crippen molar-refractivity contribution in [1.29, 1.82) is 0 Å². The molecule has 1 aliphatic heterocycles. The molecule has 16 heavy (non-hydrogen) atoms. The Morgan fingerprint density at radius 2 is 2.12 bits per heavy atom. The third kappa shape index (κ3) is 3.12. The number of aliphatic hydroxyl groups is 1. The summed E-state index contributed by atoms with van der Waals surface area (Å²) in [6.07, 6.45) is 4.71. The van der Waals surface area contributed by atoms with E-state index in [9.17, 15) is 9.90 Å². The van der Waals surface area contributed by atoms with Gasteiger partial charge < -0.3 is 10.4 Å². The van der Waals surface area contributed by atoms with Crippen molar-refractivity contribution in [1.82, 2.24) is 10.6 Å². The molecular weight excluding hydrogens is 224 g/mol. The molecule has 3 N–H and O–H groups in total. The Hall–Kier alpha value is -0.260. The average molecular weight is 244 g/mol. The van der Waals surface area contributed by atoms with Crippen LogP contribution in [0.25, 0.3) is 0 Å². The maximum Gasteiger partial charge on any atom is 0.238 e. The van der Waals surface area contributed by atoms with Crippen molar-refractivity contribution in [3.8, 4) is 0 Å². The van der Waals surface area contributed by atoms with E-state index in [1.54, 1.807) is 11.8 Å². The van der Waals surface area contributed by atoms with Gasteiger partial charge in [-0.1, -0.05) is 19.3 Å². The van der Waals surface area contributed by atoms with E-state index in [0.717, 1.165) is 37.3 Å². The van der Waals surface area contributed by atoms with Crippen LogP contribution in [0.15, 0.2) is 0 Å². The topological polar surface area (TPSA) is 61.4 Å². The molecule has 3 unspecified atom stereocenters. The fraction of sp³-hybridized carbons (Fsp3) is 0.909. The quantitative estimate of drug-likeness (QED) is 0.618. The van der Waals surface area contributed by atoms with E-state index in [4.69, 9.17) is 0 Å². The Morgan fingerprint density at radius 3 is 2.88 bits per heavy atom. The predicted octanol–water partition coefficient (Wildman–Crippen LogP) is 0.459. The molecule has 4 nitrogen and oxygen atoms in total.